The van der Waals surface area contributed by atoms with Crippen molar-refractivity contribution in [2.24, 2.45) is 7.05 Å². The number of hydrogen-bond donors (Lipinski definition) is 2. The van der Waals surface area contributed by atoms with Crippen molar-refractivity contribution in [1.29, 1.82) is 0 Å². The van der Waals surface area contributed by atoms with Crippen LogP contribution in [0.3, 0.4) is 0 Å². The molecule has 0 aliphatic heterocycles. The number of aryl methyl sites for hydroxylation is 1. The smallest absolute Gasteiger partial charge is 0.339 e. The number of aliphatic hydroxyl groups excluding tert-OH is 1. The van der Waals surface area contributed by atoms with Crippen LogP contribution < -0.4 is 11.1 Å². The van der Waals surface area contributed by atoms with Gasteiger partial charge in [0.15, 0.2) is 5.16 Å². The molecule has 0 aromatic carbocycles. The van der Waals surface area contributed by atoms with Crippen LogP contribution >= 0.6 is 11.8 Å². The molecule has 2 N–H and O–H groups in total. The molecule has 1 aliphatic rings. The predicted octanol–water partition coefficient (Wildman–Crippen LogP) is -0.136. The summed E-state index contributed by atoms with van der Waals surface area (Å²) in [5, 5.41) is 12.7. The molecular formula is C10H15N3O3S. The van der Waals surface area contributed by atoms with Gasteiger partial charge >= 0.3 is 11.1 Å². The lowest BCUT2D eigenvalue weighted by atomic mass is 9.97. The third kappa shape index (κ3) is 2.78. The van der Waals surface area contributed by atoms with Gasteiger partial charge in [0.25, 0.3) is 0 Å². The van der Waals surface area contributed by atoms with Gasteiger partial charge in [-0.1, -0.05) is 24.6 Å². The van der Waals surface area contributed by atoms with Gasteiger partial charge in [-0.2, -0.15) is 4.98 Å². The summed E-state index contributed by atoms with van der Waals surface area (Å²) in [5.41, 5.74) is -1.50. The summed E-state index contributed by atoms with van der Waals surface area (Å²) >= 11 is 1.35. The van der Waals surface area contributed by atoms with E-state index in [9.17, 15) is 14.7 Å². The summed E-state index contributed by atoms with van der Waals surface area (Å²) in [4.78, 5) is 25.9. The van der Waals surface area contributed by atoms with E-state index < -0.39 is 11.1 Å². The fourth-order valence-electron chi connectivity index (χ4n) is 1.92. The van der Waals surface area contributed by atoms with Crippen molar-refractivity contribution in [2.45, 2.75) is 42.2 Å². The largest absolute Gasteiger partial charge is 0.392 e. The lowest BCUT2D eigenvalue weighted by molar-refractivity contribution is 0.136. The molecule has 2 atom stereocenters. The first kappa shape index (κ1) is 12.4. The Morgan fingerprint density at radius 2 is 2.12 bits per heavy atom. The van der Waals surface area contributed by atoms with Crippen molar-refractivity contribution in [1.82, 2.24) is 14.8 Å². The zero-order chi connectivity index (χ0) is 12.4. The lowest BCUT2D eigenvalue weighted by Crippen LogP contribution is -2.35. The van der Waals surface area contributed by atoms with E-state index in [2.05, 4.69) is 10.1 Å². The number of nitrogens with zero attached hydrogens (tertiary/aromatic N) is 2. The molecule has 0 saturated heterocycles. The number of aromatic amines is 1. The van der Waals surface area contributed by atoms with Crippen LogP contribution in [0.5, 0.6) is 0 Å². The van der Waals surface area contributed by atoms with Crippen molar-refractivity contribution in [3.05, 3.63) is 20.7 Å². The standard InChI is InChI=1S/C10H15N3O3S/c1-13-10(11-8(15)9(16)12-13)17-7-5-3-2-4-6(7)14/h6-7,14H,2-5H2,1H3,(H,12,16)/t6-,7-/m1/s1. The second-order valence-corrected chi connectivity index (χ2v) is 5.41. The minimum atomic E-state index is -0.782. The van der Waals surface area contributed by atoms with Gasteiger partial charge in [0.2, 0.25) is 0 Å². The van der Waals surface area contributed by atoms with Gasteiger partial charge in [-0.3, -0.25) is 19.4 Å². The van der Waals surface area contributed by atoms with E-state index in [0.717, 1.165) is 25.7 Å². The number of thioether (sulfide) groups is 1. The summed E-state index contributed by atoms with van der Waals surface area (Å²) in [6, 6.07) is 0. The highest BCUT2D eigenvalue weighted by molar-refractivity contribution is 7.99. The van der Waals surface area contributed by atoms with Gasteiger partial charge in [0.05, 0.1) is 6.10 Å². The average molecular weight is 257 g/mol. The lowest BCUT2D eigenvalue weighted by Gasteiger charge is -2.26. The number of H-pyrrole nitrogens is 1. The van der Waals surface area contributed by atoms with Gasteiger partial charge < -0.3 is 5.11 Å². The molecule has 0 unspecified atom stereocenters. The number of hydrogen-bond acceptors (Lipinski definition) is 5. The Kier molecular flexibility index (Phi) is 3.68. The van der Waals surface area contributed by atoms with E-state index in [-0.39, 0.29) is 11.4 Å². The van der Waals surface area contributed by atoms with E-state index in [1.807, 2.05) is 0 Å². The Hall–Kier alpha value is -1.08. The van der Waals surface area contributed by atoms with E-state index in [1.54, 1.807) is 7.05 Å². The number of rotatable bonds is 2. The molecule has 1 aromatic heterocycles. The Balaban J connectivity index is 2.20. The van der Waals surface area contributed by atoms with Gasteiger partial charge in [0.1, 0.15) is 0 Å². The van der Waals surface area contributed by atoms with E-state index in [4.69, 9.17) is 0 Å². The van der Waals surface area contributed by atoms with E-state index in [0.29, 0.717) is 5.16 Å². The van der Waals surface area contributed by atoms with Gasteiger partial charge in [0, 0.05) is 12.3 Å². The normalized spacial score (nSPS) is 24.8. The number of aliphatic hydroxyl groups is 1. The van der Waals surface area contributed by atoms with Crippen molar-refractivity contribution in [2.75, 3.05) is 0 Å². The number of nitrogens with one attached hydrogen (secondary N) is 1. The van der Waals surface area contributed by atoms with Crippen molar-refractivity contribution in [3.63, 3.8) is 0 Å². The summed E-state index contributed by atoms with van der Waals surface area (Å²) in [6.07, 6.45) is 3.44. The molecule has 0 amide bonds. The van der Waals surface area contributed by atoms with Crippen LogP contribution in [0.1, 0.15) is 25.7 Å². The molecular weight excluding hydrogens is 242 g/mol. The maximum Gasteiger partial charge on any atom is 0.339 e. The fourth-order valence-corrected chi connectivity index (χ4v) is 3.10. The Morgan fingerprint density at radius 3 is 2.82 bits per heavy atom. The topological polar surface area (TPSA) is 88.0 Å². The van der Waals surface area contributed by atoms with Crippen LogP contribution in [0.15, 0.2) is 14.7 Å². The Bertz CT molecular complexity index is 510. The first-order chi connectivity index (χ1) is 8.08. The first-order valence-electron chi connectivity index (χ1n) is 5.60. The zero-order valence-electron chi connectivity index (χ0n) is 9.55. The molecule has 1 heterocycles. The van der Waals surface area contributed by atoms with E-state index in [1.165, 1.54) is 16.4 Å². The van der Waals surface area contributed by atoms with Gasteiger partial charge in [-0.25, -0.2) is 0 Å². The predicted molar refractivity (Wildman–Crippen MR) is 64.2 cm³/mol. The highest BCUT2D eigenvalue weighted by atomic mass is 32.2. The molecule has 0 spiro atoms. The molecule has 17 heavy (non-hydrogen) atoms. The molecule has 6 nitrogen and oxygen atoms in total. The molecule has 1 aromatic rings. The molecule has 1 aliphatic carbocycles. The fraction of sp³-hybridized carbons (Fsp3) is 0.700. The van der Waals surface area contributed by atoms with Crippen LogP contribution in [-0.2, 0) is 7.05 Å². The minimum Gasteiger partial charge on any atom is -0.392 e. The van der Waals surface area contributed by atoms with Crippen LogP contribution in [0.2, 0.25) is 0 Å². The van der Waals surface area contributed by atoms with Gasteiger partial charge in [-0.15, -0.1) is 0 Å². The SMILES string of the molecule is Cn1[nH]c(=O)c(=O)nc1S[C@@H]1CCCC[C@H]1O. The van der Waals surface area contributed by atoms with Crippen molar-refractivity contribution < 1.29 is 5.11 Å². The summed E-state index contributed by atoms with van der Waals surface area (Å²) in [6.45, 7) is 0. The summed E-state index contributed by atoms with van der Waals surface area (Å²) in [7, 11) is 1.63. The third-order valence-corrected chi connectivity index (χ3v) is 4.30. The Labute approximate surface area is 102 Å². The van der Waals surface area contributed by atoms with Crippen LogP contribution in [0.25, 0.3) is 0 Å². The van der Waals surface area contributed by atoms with Crippen LogP contribution in [0.4, 0.5) is 0 Å². The molecule has 1 fully saturated rings. The van der Waals surface area contributed by atoms with E-state index >= 15 is 0 Å². The first-order valence-corrected chi connectivity index (χ1v) is 6.48. The highest BCUT2D eigenvalue weighted by Gasteiger charge is 2.25. The van der Waals surface area contributed by atoms with Gasteiger partial charge in [-0.05, 0) is 12.8 Å². The number of aromatic nitrogens is 3. The highest BCUT2D eigenvalue weighted by Crippen LogP contribution is 2.31. The summed E-state index contributed by atoms with van der Waals surface area (Å²) in [5.74, 6) is 0. The maximum absolute atomic E-state index is 11.2. The van der Waals surface area contributed by atoms with Crippen molar-refractivity contribution >= 4 is 11.8 Å². The molecule has 2 rings (SSSR count). The molecule has 1 saturated carbocycles. The second-order valence-electron chi connectivity index (χ2n) is 4.21. The van der Waals surface area contributed by atoms with Crippen LogP contribution in [0, 0.1) is 0 Å². The minimum absolute atomic E-state index is 0.0488. The molecule has 0 radical (unpaired) electrons. The monoisotopic (exact) mass is 257 g/mol. The van der Waals surface area contributed by atoms with Crippen molar-refractivity contribution in [3.8, 4) is 0 Å². The maximum atomic E-state index is 11.2. The zero-order valence-corrected chi connectivity index (χ0v) is 10.4. The quantitative estimate of drug-likeness (QED) is 0.720. The second kappa shape index (κ2) is 5.05. The Morgan fingerprint density at radius 1 is 1.41 bits per heavy atom. The average Bonchev–Trinajstić information content (AvgIpc) is 2.29. The third-order valence-electron chi connectivity index (χ3n) is 2.87. The summed E-state index contributed by atoms with van der Waals surface area (Å²) < 4.78 is 1.43. The molecule has 94 valence electrons. The molecule has 0 bridgehead atoms. The molecule has 7 heteroatoms. The van der Waals surface area contributed by atoms with Crippen LogP contribution in [-0.4, -0.2) is 31.2 Å².